The van der Waals surface area contributed by atoms with Crippen molar-refractivity contribution in [3.8, 4) is 0 Å². The fraction of sp³-hybridized carbons (Fsp3) is 0.444. The third-order valence-electron chi connectivity index (χ3n) is 10.3. The van der Waals surface area contributed by atoms with E-state index in [1.54, 1.807) is 30.3 Å². The summed E-state index contributed by atoms with van der Waals surface area (Å²) >= 11 is 0. The van der Waals surface area contributed by atoms with Crippen LogP contribution in [-0.4, -0.2) is 74.6 Å². The molecule has 1 saturated carbocycles. The van der Waals surface area contributed by atoms with Gasteiger partial charge in [-0.3, -0.25) is 4.79 Å². The van der Waals surface area contributed by atoms with Gasteiger partial charge in [0.15, 0.2) is 0 Å². The second kappa shape index (κ2) is 15.4. The average Bonchev–Trinajstić information content (AvgIpc) is 3.92. The number of anilines is 1. The van der Waals surface area contributed by atoms with E-state index in [1.807, 2.05) is 0 Å². The molecule has 3 aromatic rings. The molecule has 6 rings (SSSR count). The van der Waals surface area contributed by atoms with Crippen LogP contribution in [0.3, 0.4) is 0 Å². The van der Waals surface area contributed by atoms with Gasteiger partial charge in [-0.05, 0) is 86.4 Å². The van der Waals surface area contributed by atoms with Crippen LogP contribution < -0.4 is 15.3 Å². The number of carbonyl (C=O) groups is 2. The summed E-state index contributed by atoms with van der Waals surface area (Å²) in [5.74, 6) is -2.44. The Balaban J connectivity index is 1.29. The highest BCUT2D eigenvalue weighted by molar-refractivity contribution is 7.89. The monoisotopic (exact) mass is 722 g/mol. The molecule has 1 aliphatic carbocycles. The van der Waals surface area contributed by atoms with Gasteiger partial charge < -0.3 is 24.9 Å². The van der Waals surface area contributed by atoms with Crippen LogP contribution >= 0.6 is 0 Å². The lowest BCUT2D eigenvalue weighted by molar-refractivity contribution is -0.266. The fourth-order valence-corrected chi connectivity index (χ4v) is 9.25. The molecule has 0 bridgehead atoms. The highest BCUT2D eigenvalue weighted by atomic mass is 32.2. The molecule has 1 unspecified atom stereocenters. The maximum absolute atomic E-state index is 15.7. The quantitative estimate of drug-likeness (QED) is 0.219. The van der Waals surface area contributed by atoms with E-state index in [4.69, 9.17) is 10.3 Å². The van der Waals surface area contributed by atoms with E-state index in [0.29, 0.717) is 44.5 Å². The molecular formula is C36H40F2N6O6S. The number of carbonyl (C=O) groups excluding carboxylic acids is 2. The fourth-order valence-electron chi connectivity index (χ4n) is 7.47. The van der Waals surface area contributed by atoms with Crippen LogP contribution in [-0.2, 0) is 26.0 Å². The molecule has 3 fully saturated rings. The van der Waals surface area contributed by atoms with Crippen molar-refractivity contribution >= 4 is 27.7 Å². The number of sulfonamides is 1. The van der Waals surface area contributed by atoms with Crippen LogP contribution in [0.1, 0.15) is 49.1 Å². The van der Waals surface area contributed by atoms with Crippen molar-refractivity contribution in [1.82, 2.24) is 14.1 Å². The van der Waals surface area contributed by atoms with Crippen molar-refractivity contribution in [2.24, 2.45) is 16.4 Å². The summed E-state index contributed by atoms with van der Waals surface area (Å²) in [5, 5.41) is 19.0. The third kappa shape index (κ3) is 8.17. The van der Waals surface area contributed by atoms with Crippen LogP contribution in [0.25, 0.3) is 0 Å². The number of ether oxygens (including phenoxy) is 1. The first-order valence-electron chi connectivity index (χ1n) is 17.0. The number of carboxylic acid groups (broad SMARTS) is 1. The van der Waals surface area contributed by atoms with E-state index in [0.717, 1.165) is 4.90 Å². The Hall–Kier alpha value is -4.56. The number of halogens is 2. The largest absolute Gasteiger partial charge is 0.530 e. The predicted molar refractivity (Wildman–Crippen MR) is 180 cm³/mol. The molecule has 3 atom stereocenters. The average molecular weight is 723 g/mol. The molecule has 0 radical (unpaired) electrons. The molecule has 3 aromatic carbocycles. The minimum absolute atomic E-state index is 0.0336. The molecule has 51 heavy (non-hydrogen) atoms. The first kappa shape index (κ1) is 36.2. The van der Waals surface area contributed by atoms with Gasteiger partial charge in [-0.1, -0.05) is 36.4 Å². The normalized spacial score (nSPS) is 20.5. The summed E-state index contributed by atoms with van der Waals surface area (Å²) in [6.45, 7) is 0.996. The molecule has 1 spiro atoms. The van der Waals surface area contributed by atoms with Crippen LogP contribution in [0.2, 0.25) is 0 Å². The summed E-state index contributed by atoms with van der Waals surface area (Å²) in [5.41, 5.74) is 7.85. The number of hydrogen-bond donors (Lipinski definition) is 2. The summed E-state index contributed by atoms with van der Waals surface area (Å²) < 4.78 is 64.5. The van der Waals surface area contributed by atoms with Crippen LogP contribution in [0.15, 0.2) is 82.8 Å². The number of hydrogen-bond acceptors (Lipinski definition) is 8. The van der Waals surface area contributed by atoms with Gasteiger partial charge in [0.25, 0.3) is 5.91 Å². The van der Waals surface area contributed by atoms with E-state index in [1.165, 1.54) is 46.8 Å². The van der Waals surface area contributed by atoms with E-state index in [9.17, 15) is 27.5 Å². The highest BCUT2D eigenvalue weighted by Gasteiger charge is 2.51. The van der Waals surface area contributed by atoms with Crippen LogP contribution in [0.4, 0.5) is 19.3 Å². The maximum atomic E-state index is 15.7. The third-order valence-corrected chi connectivity index (χ3v) is 12.3. The molecule has 2 aliphatic heterocycles. The Morgan fingerprint density at radius 1 is 1.02 bits per heavy atom. The SMILES string of the molecule is N=[N+]=N[C@H](C(=O)Nc1cccc(F)c1CCC1CN(C(=O)[O-])CC2(CC2)CN1S(=O)(=O)c1ccccc1)[C@@H](c1ccc(F)cc1)C1CCOCC1. The van der Waals surface area contributed by atoms with Gasteiger partial charge in [0.2, 0.25) is 21.0 Å². The molecule has 2 amide bonds. The summed E-state index contributed by atoms with van der Waals surface area (Å²) in [6.07, 6.45) is 1.10. The first-order chi connectivity index (χ1) is 24.5. The molecule has 2 saturated heterocycles. The van der Waals surface area contributed by atoms with Gasteiger partial charge in [0.05, 0.1) is 4.90 Å². The lowest BCUT2D eigenvalue weighted by Gasteiger charge is -2.32. The molecule has 2 heterocycles. The Morgan fingerprint density at radius 3 is 2.37 bits per heavy atom. The lowest BCUT2D eigenvalue weighted by atomic mass is 9.76. The van der Waals surface area contributed by atoms with Crippen molar-refractivity contribution in [2.45, 2.75) is 61.4 Å². The van der Waals surface area contributed by atoms with Gasteiger partial charge >= 0.3 is 0 Å². The number of amides is 2. The van der Waals surface area contributed by atoms with E-state index < -0.39 is 57.1 Å². The molecule has 12 nitrogen and oxygen atoms in total. The molecule has 3 aliphatic rings. The number of benzene rings is 3. The predicted octanol–water partition coefficient (Wildman–Crippen LogP) is 4.46. The zero-order chi connectivity index (χ0) is 36.2. The van der Waals surface area contributed by atoms with E-state index in [-0.39, 0.29) is 54.5 Å². The van der Waals surface area contributed by atoms with Gasteiger partial charge in [0.1, 0.15) is 28.4 Å². The first-order valence-corrected chi connectivity index (χ1v) is 18.5. The Kier molecular flexibility index (Phi) is 10.9. The topological polar surface area (TPSA) is 169 Å². The van der Waals surface area contributed by atoms with Gasteiger partial charge in [0, 0.05) is 61.5 Å². The van der Waals surface area contributed by atoms with Crippen molar-refractivity contribution in [3.63, 3.8) is 0 Å². The minimum atomic E-state index is -4.07. The zero-order valence-electron chi connectivity index (χ0n) is 27.9. The van der Waals surface area contributed by atoms with Crippen LogP contribution in [0, 0.1) is 28.5 Å². The minimum Gasteiger partial charge on any atom is -0.530 e. The lowest BCUT2D eigenvalue weighted by Crippen LogP contribution is -2.48. The summed E-state index contributed by atoms with van der Waals surface area (Å²) in [6, 6.07) is 15.7. The van der Waals surface area contributed by atoms with Gasteiger partial charge in [-0.25, -0.2) is 17.2 Å². The smallest absolute Gasteiger partial charge is 0.257 e. The van der Waals surface area contributed by atoms with Crippen molar-refractivity contribution in [2.75, 3.05) is 38.2 Å². The van der Waals surface area contributed by atoms with Crippen LogP contribution in [0.5, 0.6) is 0 Å². The number of nitrogens with one attached hydrogen (secondary N) is 2. The Bertz CT molecular complexity index is 1880. The Labute approximate surface area is 295 Å². The van der Waals surface area contributed by atoms with Gasteiger partial charge in [-0.2, -0.15) is 4.31 Å². The Morgan fingerprint density at radius 2 is 1.73 bits per heavy atom. The molecule has 270 valence electrons. The standard InChI is InChI=1S/C36H40F2N6O6S/c37-26-11-9-24(10-12-26)32(25-15-19-50-20-16-25)33(41-42-39)34(45)40-31-8-4-7-30(38)29(31)14-13-27-21-43(35(46)47)22-36(17-18-36)23-44(27)51(48,49)28-5-2-1-3-6-28/h1-12,25,27,32-33,39H,13-23H2,(H-,40,45,46,47)/t27?,32-,33-/m0/s1. The van der Waals surface area contributed by atoms with Crippen molar-refractivity contribution < 1.29 is 36.6 Å². The van der Waals surface area contributed by atoms with E-state index in [2.05, 4.69) is 15.3 Å². The highest BCUT2D eigenvalue weighted by Crippen LogP contribution is 2.49. The van der Waals surface area contributed by atoms with Crippen molar-refractivity contribution in [3.05, 3.63) is 95.6 Å². The maximum Gasteiger partial charge on any atom is 0.257 e. The second-order valence-corrected chi connectivity index (χ2v) is 15.5. The molecular weight excluding hydrogens is 682 g/mol. The summed E-state index contributed by atoms with van der Waals surface area (Å²) in [4.78, 5) is 30.7. The van der Waals surface area contributed by atoms with E-state index >= 15 is 4.39 Å². The zero-order valence-corrected chi connectivity index (χ0v) is 28.7. The summed E-state index contributed by atoms with van der Waals surface area (Å²) in [7, 11) is -4.07. The number of rotatable bonds is 11. The van der Waals surface area contributed by atoms with Gasteiger partial charge in [-0.15, -0.1) is 0 Å². The molecule has 0 aromatic heterocycles. The molecule has 2 N–H and O–H groups in total. The second-order valence-electron chi connectivity index (χ2n) is 13.6. The van der Waals surface area contributed by atoms with Crippen molar-refractivity contribution in [1.29, 1.82) is 5.53 Å². The number of nitrogens with zero attached hydrogens (tertiary/aromatic N) is 4. The molecule has 15 heteroatoms.